The van der Waals surface area contributed by atoms with E-state index in [4.69, 9.17) is 4.52 Å². The second-order valence-electron chi connectivity index (χ2n) is 4.09. The van der Waals surface area contributed by atoms with Crippen LogP contribution in [-0.2, 0) is 4.57 Å². The largest absolute Gasteiger partial charge is 0.439 e. The van der Waals surface area contributed by atoms with E-state index in [0.717, 1.165) is 22.2 Å². The molecule has 1 unspecified atom stereocenters. The van der Waals surface area contributed by atoms with Gasteiger partial charge >= 0.3 is 0 Å². The normalized spacial score (nSPS) is 17.8. The average molecular weight is 304 g/mol. The third-order valence-corrected chi connectivity index (χ3v) is 5.56. The maximum Gasteiger partial charge on any atom is 0.277 e. The molecule has 1 aliphatic heterocycles. The fraction of sp³-hybridized carbons (Fsp3) is 0.333. The first-order valence-electron chi connectivity index (χ1n) is 7.72. The average Bonchev–Trinajstić information content (AvgIpc) is 2.59. The van der Waals surface area contributed by atoms with Crippen molar-refractivity contribution >= 4 is 12.7 Å². The Labute approximate surface area is 128 Å². The molecule has 3 rings (SSSR count). The summed E-state index contributed by atoms with van der Waals surface area (Å²) >= 11 is 0. The molecule has 0 saturated heterocycles. The van der Waals surface area contributed by atoms with Gasteiger partial charge in [0.25, 0.3) is 7.37 Å². The summed E-state index contributed by atoms with van der Waals surface area (Å²) in [6.45, 7) is 9.91. The third kappa shape index (κ3) is 3.39. The van der Waals surface area contributed by atoms with Crippen LogP contribution in [0, 0.1) is 0 Å². The Balaban J connectivity index is 0.000000510. The van der Waals surface area contributed by atoms with Gasteiger partial charge in [0.05, 0.1) is 5.30 Å². The summed E-state index contributed by atoms with van der Waals surface area (Å²) in [5.74, 6) is 0.733. The number of rotatable bonds is 1. The molecular weight excluding hydrogens is 279 g/mol. The predicted octanol–water partition coefficient (Wildman–Crippen LogP) is 5.72. The van der Waals surface area contributed by atoms with Gasteiger partial charge < -0.3 is 4.52 Å². The first-order valence-corrected chi connectivity index (χ1v) is 9.53. The zero-order chi connectivity index (χ0) is 15.9. The fourth-order valence-electron chi connectivity index (χ4n) is 2.21. The molecule has 2 aromatic rings. The van der Waals surface area contributed by atoms with Crippen LogP contribution in [0.1, 0.15) is 34.6 Å². The Bertz CT molecular complexity index is 620. The van der Waals surface area contributed by atoms with Crippen LogP contribution < -0.4 is 9.83 Å². The maximum absolute atomic E-state index is 12.8. The molecular formula is C18H25O2P. The van der Waals surface area contributed by atoms with Gasteiger partial charge in [-0.15, -0.1) is 0 Å². The van der Waals surface area contributed by atoms with Gasteiger partial charge in [-0.3, -0.25) is 4.57 Å². The minimum Gasteiger partial charge on any atom is -0.439 e. The first-order chi connectivity index (χ1) is 10.2. The molecule has 0 fully saturated rings. The highest BCUT2D eigenvalue weighted by molar-refractivity contribution is 7.67. The number of hydrogen-bond acceptors (Lipinski definition) is 2. The Kier molecular flexibility index (Phi) is 6.71. The van der Waals surface area contributed by atoms with E-state index in [1.165, 1.54) is 0 Å². The van der Waals surface area contributed by atoms with E-state index in [2.05, 4.69) is 0 Å². The molecule has 1 aliphatic rings. The van der Waals surface area contributed by atoms with Gasteiger partial charge in [-0.05, 0) is 17.7 Å². The second-order valence-corrected chi connectivity index (χ2v) is 6.74. The van der Waals surface area contributed by atoms with E-state index in [9.17, 15) is 4.57 Å². The van der Waals surface area contributed by atoms with Crippen LogP contribution in [0.25, 0.3) is 11.1 Å². The van der Waals surface area contributed by atoms with E-state index in [1.54, 1.807) is 0 Å². The SMILES string of the molecule is CC.CC.CCP1(=O)Oc2ccccc2-c2ccccc21. The van der Waals surface area contributed by atoms with Gasteiger partial charge in [-0.25, -0.2) is 0 Å². The molecule has 0 N–H and O–H groups in total. The summed E-state index contributed by atoms with van der Waals surface area (Å²) < 4.78 is 18.5. The monoisotopic (exact) mass is 304 g/mol. The van der Waals surface area contributed by atoms with Crippen molar-refractivity contribution in [1.29, 1.82) is 0 Å². The molecule has 0 radical (unpaired) electrons. The molecule has 21 heavy (non-hydrogen) atoms. The molecule has 0 aliphatic carbocycles. The molecule has 0 amide bonds. The van der Waals surface area contributed by atoms with Crippen LogP contribution >= 0.6 is 7.37 Å². The van der Waals surface area contributed by atoms with E-state index in [1.807, 2.05) is 83.1 Å². The lowest BCUT2D eigenvalue weighted by Gasteiger charge is -2.27. The molecule has 0 aromatic heterocycles. The fourth-order valence-corrected chi connectivity index (χ4v) is 4.13. The standard InChI is InChI=1S/C14H13O2P.2C2H6/c1-2-17(15)14-10-6-4-8-12(14)11-7-3-5-9-13(11)16-17;2*1-2/h3-10H,2H2,1H3;2*1-2H3. The minimum absolute atomic E-state index is 0.526. The summed E-state index contributed by atoms with van der Waals surface area (Å²) in [5.41, 5.74) is 2.07. The van der Waals surface area contributed by atoms with Crippen LogP contribution in [-0.4, -0.2) is 6.16 Å². The smallest absolute Gasteiger partial charge is 0.277 e. The highest BCUT2D eigenvalue weighted by atomic mass is 31.2. The van der Waals surface area contributed by atoms with Crippen molar-refractivity contribution in [1.82, 2.24) is 0 Å². The van der Waals surface area contributed by atoms with Crippen molar-refractivity contribution in [2.24, 2.45) is 0 Å². The van der Waals surface area contributed by atoms with E-state index in [0.29, 0.717) is 6.16 Å². The van der Waals surface area contributed by atoms with E-state index in [-0.39, 0.29) is 0 Å². The Hall–Kier alpha value is -1.53. The molecule has 0 saturated carbocycles. The second kappa shape index (κ2) is 8.05. The number of benzene rings is 2. The number of para-hydroxylation sites is 1. The lowest BCUT2D eigenvalue weighted by atomic mass is 10.0. The van der Waals surface area contributed by atoms with Gasteiger partial charge in [0, 0.05) is 11.7 Å². The number of hydrogen-bond donors (Lipinski definition) is 0. The maximum atomic E-state index is 12.8. The van der Waals surface area contributed by atoms with Crippen molar-refractivity contribution in [3.63, 3.8) is 0 Å². The van der Waals surface area contributed by atoms with Crippen LogP contribution in [0.2, 0.25) is 0 Å². The quantitative estimate of drug-likeness (QED) is 0.630. The molecule has 0 bridgehead atoms. The lowest BCUT2D eigenvalue weighted by Crippen LogP contribution is -2.18. The predicted molar refractivity (Wildman–Crippen MR) is 93.0 cm³/mol. The Morgan fingerprint density at radius 2 is 1.38 bits per heavy atom. The third-order valence-electron chi connectivity index (χ3n) is 3.11. The Morgan fingerprint density at radius 3 is 2.00 bits per heavy atom. The summed E-state index contributed by atoms with van der Waals surface area (Å²) in [6.07, 6.45) is 0.526. The van der Waals surface area contributed by atoms with Gasteiger partial charge in [0.1, 0.15) is 5.75 Å². The first kappa shape index (κ1) is 17.5. The minimum atomic E-state index is -2.72. The van der Waals surface area contributed by atoms with E-state index < -0.39 is 7.37 Å². The summed E-state index contributed by atoms with van der Waals surface area (Å²) in [6, 6.07) is 15.6. The van der Waals surface area contributed by atoms with Crippen LogP contribution in [0.15, 0.2) is 48.5 Å². The topological polar surface area (TPSA) is 26.3 Å². The van der Waals surface area contributed by atoms with Crippen molar-refractivity contribution < 1.29 is 9.09 Å². The van der Waals surface area contributed by atoms with Crippen molar-refractivity contribution in [2.45, 2.75) is 34.6 Å². The molecule has 0 spiro atoms. The highest BCUT2D eigenvalue weighted by Crippen LogP contribution is 2.53. The van der Waals surface area contributed by atoms with E-state index >= 15 is 0 Å². The zero-order valence-corrected chi connectivity index (χ0v) is 14.5. The number of fused-ring (bicyclic) bond motifs is 3. The highest BCUT2D eigenvalue weighted by Gasteiger charge is 2.33. The molecule has 114 valence electrons. The molecule has 2 nitrogen and oxygen atoms in total. The zero-order valence-electron chi connectivity index (χ0n) is 13.6. The van der Waals surface area contributed by atoms with Gasteiger partial charge in [-0.2, -0.15) is 0 Å². The van der Waals surface area contributed by atoms with Crippen LogP contribution in [0.5, 0.6) is 5.75 Å². The summed E-state index contributed by atoms with van der Waals surface area (Å²) in [5, 5.41) is 0.848. The van der Waals surface area contributed by atoms with Crippen LogP contribution in [0.3, 0.4) is 0 Å². The Morgan fingerprint density at radius 1 is 0.857 bits per heavy atom. The van der Waals surface area contributed by atoms with Gasteiger partial charge in [0.15, 0.2) is 0 Å². The molecule has 1 atom stereocenters. The molecule has 2 aromatic carbocycles. The van der Waals surface area contributed by atoms with Gasteiger partial charge in [-0.1, -0.05) is 71.0 Å². The van der Waals surface area contributed by atoms with Gasteiger partial charge in [0.2, 0.25) is 0 Å². The van der Waals surface area contributed by atoms with Crippen molar-refractivity contribution in [2.75, 3.05) is 6.16 Å². The van der Waals surface area contributed by atoms with Crippen molar-refractivity contribution in [3.8, 4) is 16.9 Å². The molecule has 3 heteroatoms. The summed E-state index contributed by atoms with van der Waals surface area (Å²) in [7, 11) is -2.72. The molecule has 1 heterocycles. The van der Waals surface area contributed by atoms with Crippen LogP contribution in [0.4, 0.5) is 0 Å². The van der Waals surface area contributed by atoms with Crippen molar-refractivity contribution in [3.05, 3.63) is 48.5 Å². The lowest BCUT2D eigenvalue weighted by molar-refractivity contribution is 0.492. The summed E-state index contributed by atoms with van der Waals surface area (Å²) in [4.78, 5) is 0.